The Morgan fingerprint density at radius 3 is 1.79 bits per heavy atom. The van der Waals surface area contributed by atoms with Crippen LogP contribution in [0.2, 0.25) is 0 Å². The van der Waals surface area contributed by atoms with Crippen LogP contribution in [0, 0.1) is 0 Å². The van der Waals surface area contributed by atoms with E-state index in [-0.39, 0.29) is 5.41 Å². The molecule has 0 amide bonds. The summed E-state index contributed by atoms with van der Waals surface area (Å²) in [5.41, 5.74) is 13.7. The lowest BCUT2D eigenvalue weighted by molar-refractivity contribution is 0.660. The Kier molecular flexibility index (Phi) is 6.55. The van der Waals surface area contributed by atoms with Crippen molar-refractivity contribution in [3.05, 3.63) is 187 Å². The second-order valence-electron chi connectivity index (χ2n) is 13.4. The molecule has 0 N–H and O–H groups in total. The lowest BCUT2D eigenvalue weighted by Gasteiger charge is -2.28. The molecule has 0 aromatic heterocycles. The van der Waals surface area contributed by atoms with E-state index in [4.69, 9.17) is 0 Å². The lowest BCUT2D eigenvalue weighted by Crippen LogP contribution is -2.16. The van der Waals surface area contributed by atoms with Crippen LogP contribution in [0.5, 0.6) is 0 Å². The Hall–Kier alpha value is -5.92. The average Bonchev–Trinajstić information content (AvgIpc) is 3.37. The molecule has 9 rings (SSSR count). The fourth-order valence-electron chi connectivity index (χ4n) is 7.73. The maximum Gasteiger partial charge on any atom is 0.0465 e. The molecule has 1 nitrogen and oxygen atoms in total. The predicted molar refractivity (Wildman–Crippen MR) is 205 cm³/mol. The van der Waals surface area contributed by atoms with Crippen molar-refractivity contribution in [1.29, 1.82) is 0 Å². The van der Waals surface area contributed by atoms with Gasteiger partial charge in [0.2, 0.25) is 0 Å². The molecule has 0 aliphatic heterocycles. The van der Waals surface area contributed by atoms with E-state index in [2.05, 4.69) is 195 Å². The molecule has 0 bridgehead atoms. The zero-order chi connectivity index (χ0) is 32.2. The third-order valence-electron chi connectivity index (χ3n) is 10.2. The molecule has 0 unspecified atom stereocenters. The van der Waals surface area contributed by atoms with Crippen molar-refractivity contribution in [3.63, 3.8) is 0 Å². The van der Waals surface area contributed by atoms with Crippen LogP contribution in [0.3, 0.4) is 0 Å². The second-order valence-corrected chi connectivity index (χ2v) is 13.4. The fraction of sp³-hybridized carbons (Fsp3) is 0.0638. The number of hydrogen-bond acceptors (Lipinski definition) is 1. The first kappa shape index (κ1) is 28.3. The summed E-state index contributed by atoms with van der Waals surface area (Å²) in [6.07, 6.45) is 0. The first-order valence-corrected chi connectivity index (χ1v) is 16.8. The van der Waals surface area contributed by atoms with Gasteiger partial charge >= 0.3 is 0 Å². The highest BCUT2D eigenvalue weighted by molar-refractivity contribution is 6.01. The van der Waals surface area contributed by atoms with Crippen LogP contribution in [-0.4, -0.2) is 0 Å². The van der Waals surface area contributed by atoms with Gasteiger partial charge in [-0.1, -0.05) is 135 Å². The summed E-state index contributed by atoms with van der Waals surface area (Å²) in [7, 11) is 0. The van der Waals surface area contributed by atoms with E-state index in [1.54, 1.807) is 0 Å². The molecule has 0 spiro atoms. The lowest BCUT2D eigenvalue weighted by atomic mass is 9.82. The minimum atomic E-state index is -0.0642. The van der Waals surface area contributed by atoms with Crippen molar-refractivity contribution < 1.29 is 0 Å². The Morgan fingerprint density at radius 1 is 0.354 bits per heavy atom. The van der Waals surface area contributed by atoms with E-state index >= 15 is 0 Å². The minimum absolute atomic E-state index is 0.0642. The van der Waals surface area contributed by atoms with Gasteiger partial charge in [0.1, 0.15) is 0 Å². The molecule has 0 atom stereocenters. The summed E-state index contributed by atoms with van der Waals surface area (Å²) in [4.78, 5) is 2.38. The highest BCUT2D eigenvalue weighted by Gasteiger charge is 2.35. The van der Waals surface area contributed by atoms with Crippen molar-refractivity contribution in [1.82, 2.24) is 0 Å². The van der Waals surface area contributed by atoms with Crippen LogP contribution < -0.4 is 4.90 Å². The van der Waals surface area contributed by atoms with Gasteiger partial charge in [0.25, 0.3) is 0 Å². The largest absolute Gasteiger partial charge is 0.310 e. The van der Waals surface area contributed by atoms with Crippen LogP contribution >= 0.6 is 0 Å². The molecular weight excluding hydrogens is 579 g/mol. The molecule has 0 radical (unpaired) electrons. The molecule has 0 fully saturated rings. The van der Waals surface area contributed by atoms with Gasteiger partial charge in [-0.3, -0.25) is 0 Å². The minimum Gasteiger partial charge on any atom is -0.310 e. The molecule has 8 aromatic carbocycles. The van der Waals surface area contributed by atoms with Crippen molar-refractivity contribution in [2.45, 2.75) is 19.3 Å². The van der Waals surface area contributed by atoms with Crippen molar-refractivity contribution >= 4 is 38.6 Å². The van der Waals surface area contributed by atoms with E-state index in [0.29, 0.717) is 0 Å². The quantitative estimate of drug-likeness (QED) is 0.187. The van der Waals surface area contributed by atoms with Gasteiger partial charge in [0.05, 0.1) is 0 Å². The summed E-state index contributed by atoms with van der Waals surface area (Å²) in [5.74, 6) is 0. The molecule has 1 aliphatic rings. The Balaban J connectivity index is 1.15. The summed E-state index contributed by atoms with van der Waals surface area (Å²) < 4.78 is 0. The number of benzene rings is 8. The van der Waals surface area contributed by atoms with E-state index in [1.165, 1.54) is 66.1 Å². The molecule has 228 valence electrons. The van der Waals surface area contributed by atoms with E-state index in [1.807, 2.05) is 0 Å². The number of para-hydroxylation sites is 1. The van der Waals surface area contributed by atoms with Gasteiger partial charge in [-0.05, 0) is 121 Å². The Morgan fingerprint density at radius 2 is 0.958 bits per heavy atom. The first-order valence-electron chi connectivity index (χ1n) is 16.8. The molecular formula is C47H35N. The van der Waals surface area contributed by atoms with E-state index in [9.17, 15) is 0 Å². The van der Waals surface area contributed by atoms with Crippen molar-refractivity contribution in [3.8, 4) is 33.4 Å². The SMILES string of the molecule is CC1(C)c2ccccc2-c2ccc(N(c3ccccc3)c3ccc(-c4cc(-c5ccc6ccccc6c5)cc5ccccc45)cc3)cc21. The van der Waals surface area contributed by atoms with Crippen molar-refractivity contribution in [2.24, 2.45) is 0 Å². The van der Waals surface area contributed by atoms with Crippen LogP contribution in [0.1, 0.15) is 25.0 Å². The van der Waals surface area contributed by atoms with Crippen LogP contribution in [-0.2, 0) is 5.41 Å². The van der Waals surface area contributed by atoms with Crippen LogP contribution in [0.25, 0.3) is 54.9 Å². The standard InChI is InChI=1S/C47H35N/c1-47(2)45-19-11-10-18-42(45)43-27-26-40(31-46(43)47)48(38-15-4-3-5-16-38)39-24-22-33(23-25-39)44-30-37(29-36-14-8-9-17-41(36)44)35-21-20-32-12-6-7-13-34(32)28-35/h3-31H,1-2H3. The average molecular weight is 614 g/mol. The van der Waals surface area contributed by atoms with E-state index in [0.717, 1.165) is 17.1 Å². The van der Waals surface area contributed by atoms with Gasteiger partial charge in [-0.15, -0.1) is 0 Å². The summed E-state index contributed by atoms with van der Waals surface area (Å²) in [6.45, 7) is 4.69. The molecule has 8 aromatic rings. The third-order valence-corrected chi connectivity index (χ3v) is 10.2. The van der Waals surface area contributed by atoms with Gasteiger partial charge in [0.15, 0.2) is 0 Å². The molecule has 0 heterocycles. The topological polar surface area (TPSA) is 3.24 Å². The Labute approximate surface area is 282 Å². The summed E-state index contributed by atoms with van der Waals surface area (Å²) >= 11 is 0. The maximum absolute atomic E-state index is 2.40. The molecule has 48 heavy (non-hydrogen) atoms. The Bertz CT molecular complexity index is 2470. The number of nitrogens with zero attached hydrogens (tertiary/aromatic N) is 1. The zero-order valence-electron chi connectivity index (χ0n) is 27.2. The summed E-state index contributed by atoms with van der Waals surface area (Å²) in [6, 6.07) is 64.4. The normalized spacial score (nSPS) is 13.0. The molecule has 1 aliphatic carbocycles. The monoisotopic (exact) mass is 613 g/mol. The maximum atomic E-state index is 2.40. The van der Waals surface area contributed by atoms with Crippen molar-refractivity contribution in [2.75, 3.05) is 4.90 Å². The molecule has 0 saturated heterocycles. The highest BCUT2D eigenvalue weighted by atomic mass is 15.1. The second kappa shape index (κ2) is 11.1. The van der Waals surface area contributed by atoms with Gasteiger partial charge in [0, 0.05) is 22.5 Å². The van der Waals surface area contributed by atoms with Crippen LogP contribution in [0.15, 0.2) is 176 Å². The number of hydrogen-bond donors (Lipinski definition) is 0. The van der Waals surface area contributed by atoms with Gasteiger partial charge in [-0.2, -0.15) is 0 Å². The predicted octanol–water partition coefficient (Wildman–Crippen LogP) is 13.1. The number of anilines is 3. The van der Waals surface area contributed by atoms with Crippen LogP contribution in [0.4, 0.5) is 17.1 Å². The van der Waals surface area contributed by atoms with E-state index < -0.39 is 0 Å². The number of rotatable bonds is 5. The zero-order valence-corrected chi connectivity index (χ0v) is 27.2. The summed E-state index contributed by atoms with van der Waals surface area (Å²) in [5, 5.41) is 5.02. The fourth-order valence-corrected chi connectivity index (χ4v) is 7.73. The number of fused-ring (bicyclic) bond motifs is 5. The highest BCUT2D eigenvalue weighted by Crippen LogP contribution is 2.50. The van der Waals surface area contributed by atoms with Gasteiger partial charge in [-0.25, -0.2) is 0 Å². The molecule has 0 saturated carbocycles. The van der Waals surface area contributed by atoms with Gasteiger partial charge < -0.3 is 4.90 Å². The molecule has 1 heteroatoms. The smallest absolute Gasteiger partial charge is 0.0465 e. The third kappa shape index (κ3) is 4.62. The first-order chi connectivity index (χ1) is 23.5.